The van der Waals surface area contributed by atoms with Gasteiger partial charge in [0.05, 0.1) is 12.6 Å². The Hall–Kier alpha value is -3.03. The molecule has 1 fully saturated rings. The van der Waals surface area contributed by atoms with Crippen molar-refractivity contribution in [3.63, 3.8) is 0 Å². The van der Waals surface area contributed by atoms with Gasteiger partial charge in [-0.15, -0.1) is 0 Å². The molecule has 4 heterocycles. The van der Waals surface area contributed by atoms with E-state index in [9.17, 15) is 4.79 Å². The van der Waals surface area contributed by atoms with Crippen LogP contribution in [0.3, 0.4) is 0 Å². The smallest absolute Gasteiger partial charge is 0.266 e. The highest BCUT2D eigenvalue weighted by Gasteiger charge is 2.31. The molecule has 28 heavy (non-hydrogen) atoms. The molecule has 1 aliphatic heterocycles. The van der Waals surface area contributed by atoms with Crippen molar-refractivity contribution in [2.24, 2.45) is 0 Å². The SMILES string of the molecule is Cc1nc2c(c(N3CCCC3Cn3nc(-n4ccnc4)ccc3=O)n1)CCC2. The van der Waals surface area contributed by atoms with Gasteiger partial charge in [0.2, 0.25) is 0 Å². The van der Waals surface area contributed by atoms with E-state index in [1.165, 1.54) is 11.3 Å². The Morgan fingerprint density at radius 2 is 2.11 bits per heavy atom. The van der Waals surface area contributed by atoms with Crippen LogP contribution in [0.4, 0.5) is 5.82 Å². The molecular weight excluding hydrogens is 354 g/mol. The molecule has 8 nitrogen and oxygen atoms in total. The Labute approximate surface area is 162 Å². The summed E-state index contributed by atoms with van der Waals surface area (Å²) in [6, 6.07) is 3.52. The number of hydrogen-bond donors (Lipinski definition) is 0. The zero-order valence-corrected chi connectivity index (χ0v) is 16.0. The number of aromatic nitrogens is 6. The molecule has 0 N–H and O–H groups in total. The van der Waals surface area contributed by atoms with Gasteiger partial charge in [-0.1, -0.05) is 0 Å². The van der Waals surface area contributed by atoms with Gasteiger partial charge in [-0.3, -0.25) is 9.36 Å². The molecule has 0 spiro atoms. The van der Waals surface area contributed by atoms with E-state index in [1.54, 1.807) is 29.3 Å². The van der Waals surface area contributed by atoms with Crippen molar-refractivity contribution in [1.29, 1.82) is 0 Å². The van der Waals surface area contributed by atoms with E-state index in [1.807, 2.05) is 17.7 Å². The first kappa shape index (κ1) is 17.1. The Bertz CT molecular complexity index is 1060. The van der Waals surface area contributed by atoms with Crippen LogP contribution in [0, 0.1) is 6.92 Å². The lowest BCUT2D eigenvalue weighted by Gasteiger charge is -2.28. The molecule has 2 aliphatic rings. The van der Waals surface area contributed by atoms with Gasteiger partial charge in [-0.2, -0.15) is 5.10 Å². The summed E-state index contributed by atoms with van der Waals surface area (Å²) in [5.41, 5.74) is 2.41. The van der Waals surface area contributed by atoms with Gasteiger partial charge in [0.1, 0.15) is 18.0 Å². The third-order valence-corrected chi connectivity index (χ3v) is 5.68. The zero-order valence-electron chi connectivity index (χ0n) is 16.0. The Balaban J connectivity index is 1.46. The highest BCUT2D eigenvalue weighted by Crippen LogP contribution is 2.33. The van der Waals surface area contributed by atoms with Crippen LogP contribution >= 0.6 is 0 Å². The van der Waals surface area contributed by atoms with Crippen molar-refractivity contribution >= 4 is 5.82 Å². The second kappa shape index (κ2) is 6.85. The number of hydrogen-bond acceptors (Lipinski definition) is 6. The highest BCUT2D eigenvalue weighted by atomic mass is 16.1. The van der Waals surface area contributed by atoms with Crippen molar-refractivity contribution in [3.05, 3.63) is 58.3 Å². The predicted octanol–water partition coefficient (Wildman–Crippen LogP) is 1.69. The first-order valence-electron chi connectivity index (χ1n) is 9.88. The number of aryl methyl sites for hydroxylation is 2. The maximum Gasteiger partial charge on any atom is 0.266 e. The first-order chi connectivity index (χ1) is 13.7. The van der Waals surface area contributed by atoms with Gasteiger partial charge < -0.3 is 4.90 Å². The Kier molecular flexibility index (Phi) is 4.18. The average Bonchev–Trinajstić information content (AvgIpc) is 3.44. The van der Waals surface area contributed by atoms with Gasteiger partial charge in [-0.05, 0) is 45.1 Å². The summed E-state index contributed by atoms with van der Waals surface area (Å²) >= 11 is 0. The summed E-state index contributed by atoms with van der Waals surface area (Å²) in [5.74, 6) is 2.60. The molecule has 1 saturated heterocycles. The molecule has 5 rings (SSSR count). The standard InChI is InChI=1S/C20H23N7O/c1-14-22-17-6-2-5-16(17)20(23-14)26-10-3-4-15(26)12-27-19(28)8-7-18(24-27)25-11-9-21-13-25/h7-9,11,13,15H,2-6,10,12H2,1H3. The van der Waals surface area contributed by atoms with Crippen molar-refractivity contribution < 1.29 is 0 Å². The van der Waals surface area contributed by atoms with Gasteiger partial charge in [0.15, 0.2) is 5.82 Å². The quantitative estimate of drug-likeness (QED) is 0.688. The maximum atomic E-state index is 12.4. The Morgan fingerprint density at radius 1 is 1.18 bits per heavy atom. The molecule has 8 heteroatoms. The largest absolute Gasteiger partial charge is 0.351 e. The minimum atomic E-state index is -0.0835. The fourth-order valence-electron chi connectivity index (χ4n) is 4.38. The van der Waals surface area contributed by atoms with Gasteiger partial charge in [0.25, 0.3) is 5.56 Å². The summed E-state index contributed by atoms with van der Waals surface area (Å²) in [6.07, 6.45) is 10.6. The highest BCUT2D eigenvalue weighted by molar-refractivity contribution is 5.52. The molecule has 1 aliphatic carbocycles. The van der Waals surface area contributed by atoms with E-state index < -0.39 is 0 Å². The summed E-state index contributed by atoms with van der Waals surface area (Å²) in [4.78, 5) is 28.3. The fraction of sp³-hybridized carbons (Fsp3) is 0.450. The summed E-state index contributed by atoms with van der Waals surface area (Å²) in [7, 11) is 0. The van der Waals surface area contributed by atoms with E-state index in [0.717, 1.165) is 50.3 Å². The van der Waals surface area contributed by atoms with E-state index in [-0.39, 0.29) is 11.6 Å². The molecule has 0 saturated carbocycles. The lowest BCUT2D eigenvalue weighted by atomic mass is 10.2. The molecule has 144 valence electrons. The van der Waals surface area contributed by atoms with Crippen LogP contribution in [0.15, 0.2) is 35.6 Å². The van der Waals surface area contributed by atoms with Crippen LogP contribution in [0.5, 0.6) is 0 Å². The minimum Gasteiger partial charge on any atom is -0.351 e. The van der Waals surface area contributed by atoms with Crippen LogP contribution < -0.4 is 10.5 Å². The van der Waals surface area contributed by atoms with Gasteiger partial charge in [-0.25, -0.2) is 19.6 Å². The third kappa shape index (κ3) is 2.98. The number of rotatable bonds is 4. The second-order valence-corrected chi connectivity index (χ2v) is 7.54. The number of anilines is 1. The summed E-state index contributed by atoms with van der Waals surface area (Å²) in [5, 5.41) is 4.56. The van der Waals surface area contributed by atoms with E-state index in [0.29, 0.717) is 12.4 Å². The lowest BCUT2D eigenvalue weighted by molar-refractivity contribution is 0.483. The van der Waals surface area contributed by atoms with Crippen LogP contribution in [0.1, 0.15) is 36.3 Å². The summed E-state index contributed by atoms with van der Waals surface area (Å²) in [6.45, 7) is 3.48. The third-order valence-electron chi connectivity index (χ3n) is 5.68. The molecular formula is C20H23N7O. The van der Waals surface area contributed by atoms with Gasteiger partial charge in [0, 0.05) is 36.3 Å². The molecule has 0 radical (unpaired) electrons. The number of fused-ring (bicyclic) bond motifs is 1. The van der Waals surface area contributed by atoms with Gasteiger partial charge >= 0.3 is 0 Å². The molecule has 3 aromatic heterocycles. The maximum absolute atomic E-state index is 12.4. The van der Waals surface area contributed by atoms with Crippen LogP contribution in [-0.4, -0.2) is 41.9 Å². The molecule has 3 aromatic rings. The van der Waals surface area contributed by atoms with Crippen LogP contribution in [0.2, 0.25) is 0 Å². The lowest BCUT2D eigenvalue weighted by Crippen LogP contribution is -2.38. The Morgan fingerprint density at radius 3 is 2.96 bits per heavy atom. The number of nitrogens with zero attached hydrogens (tertiary/aromatic N) is 7. The average molecular weight is 377 g/mol. The van der Waals surface area contributed by atoms with Crippen molar-refractivity contribution in [1.82, 2.24) is 29.3 Å². The first-order valence-corrected chi connectivity index (χ1v) is 9.88. The van der Waals surface area contributed by atoms with Crippen molar-refractivity contribution in [3.8, 4) is 5.82 Å². The molecule has 0 aromatic carbocycles. The van der Waals surface area contributed by atoms with Crippen molar-refractivity contribution in [2.45, 2.75) is 51.6 Å². The summed E-state index contributed by atoms with van der Waals surface area (Å²) < 4.78 is 3.38. The van der Waals surface area contributed by atoms with Crippen LogP contribution in [-0.2, 0) is 19.4 Å². The van der Waals surface area contributed by atoms with Crippen molar-refractivity contribution in [2.75, 3.05) is 11.4 Å². The molecule has 1 unspecified atom stereocenters. The second-order valence-electron chi connectivity index (χ2n) is 7.54. The molecule has 1 atom stereocenters. The van der Waals surface area contributed by atoms with E-state index >= 15 is 0 Å². The van der Waals surface area contributed by atoms with Crippen LogP contribution in [0.25, 0.3) is 5.82 Å². The molecule has 0 bridgehead atoms. The van der Waals surface area contributed by atoms with E-state index in [4.69, 9.17) is 4.98 Å². The fourth-order valence-corrected chi connectivity index (χ4v) is 4.38. The molecule has 0 amide bonds. The normalized spacial score (nSPS) is 18.6. The zero-order chi connectivity index (χ0) is 19.1. The van der Waals surface area contributed by atoms with E-state index in [2.05, 4.69) is 20.0 Å². The monoisotopic (exact) mass is 377 g/mol. The topological polar surface area (TPSA) is 81.7 Å². The number of imidazole rings is 1. The predicted molar refractivity (Wildman–Crippen MR) is 105 cm³/mol. The minimum absolute atomic E-state index is 0.0835.